The number of furan rings is 1. The van der Waals surface area contributed by atoms with Gasteiger partial charge in [0.05, 0.1) is 6.04 Å². The maximum atomic E-state index is 10.8. The lowest BCUT2D eigenvalue weighted by atomic mass is 10.0. The van der Waals surface area contributed by atoms with Crippen molar-refractivity contribution < 1.29 is 14.3 Å². The topological polar surface area (TPSA) is 65.7 Å². The summed E-state index contributed by atoms with van der Waals surface area (Å²) < 4.78 is 5.32. The van der Waals surface area contributed by atoms with Crippen LogP contribution in [-0.2, 0) is 0 Å². The fourth-order valence-electron chi connectivity index (χ4n) is 1.95. The Morgan fingerprint density at radius 3 is 2.42 bits per heavy atom. The molecule has 2 atom stereocenters. The van der Waals surface area contributed by atoms with E-state index in [1.807, 2.05) is 21.0 Å². The van der Waals surface area contributed by atoms with Crippen LogP contribution in [0.2, 0.25) is 0 Å². The summed E-state index contributed by atoms with van der Waals surface area (Å²) in [6.07, 6.45) is 0. The Labute approximate surface area is 114 Å². The van der Waals surface area contributed by atoms with Gasteiger partial charge in [0.1, 0.15) is 5.76 Å². The monoisotopic (exact) mass is 268 g/mol. The maximum Gasteiger partial charge on any atom is 0.371 e. The summed E-state index contributed by atoms with van der Waals surface area (Å²) >= 11 is 0. The summed E-state index contributed by atoms with van der Waals surface area (Å²) in [4.78, 5) is 12.9. The molecule has 0 bridgehead atoms. The molecule has 0 aliphatic rings. The Hall–Kier alpha value is -1.33. The molecule has 0 saturated carbocycles. The third-order valence-corrected chi connectivity index (χ3v) is 3.10. The zero-order valence-corrected chi connectivity index (χ0v) is 12.3. The summed E-state index contributed by atoms with van der Waals surface area (Å²) in [5.74, 6) is 0.0880. The van der Waals surface area contributed by atoms with E-state index < -0.39 is 5.97 Å². The number of carbonyl (C=O) groups is 1. The molecular formula is C14H24N2O3. The first-order chi connectivity index (χ1) is 8.81. The minimum atomic E-state index is -1.04. The van der Waals surface area contributed by atoms with Crippen LogP contribution in [0, 0.1) is 5.92 Å². The van der Waals surface area contributed by atoms with E-state index in [4.69, 9.17) is 9.52 Å². The Morgan fingerprint density at radius 1 is 1.37 bits per heavy atom. The second-order valence-corrected chi connectivity index (χ2v) is 5.51. The van der Waals surface area contributed by atoms with Crippen LogP contribution in [0.1, 0.15) is 43.1 Å². The predicted molar refractivity (Wildman–Crippen MR) is 74.4 cm³/mol. The zero-order chi connectivity index (χ0) is 14.6. The molecule has 5 heteroatoms. The predicted octanol–water partition coefficient (Wildman–Crippen LogP) is 2.21. The van der Waals surface area contributed by atoms with Crippen LogP contribution in [0.3, 0.4) is 0 Å². The van der Waals surface area contributed by atoms with E-state index in [1.54, 1.807) is 6.07 Å². The molecular weight excluding hydrogens is 244 g/mol. The van der Waals surface area contributed by atoms with E-state index in [1.165, 1.54) is 6.07 Å². The van der Waals surface area contributed by atoms with Crippen molar-refractivity contribution in [1.82, 2.24) is 10.2 Å². The first kappa shape index (κ1) is 15.7. The molecule has 0 spiro atoms. The smallest absolute Gasteiger partial charge is 0.371 e. The van der Waals surface area contributed by atoms with Crippen molar-refractivity contribution in [2.24, 2.45) is 5.92 Å². The molecule has 1 aromatic heterocycles. The number of aromatic carboxylic acids is 1. The van der Waals surface area contributed by atoms with Gasteiger partial charge in [0.25, 0.3) is 0 Å². The summed E-state index contributed by atoms with van der Waals surface area (Å²) in [7, 11) is 4.08. The normalized spacial score (nSPS) is 14.9. The largest absolute Gasteiger partial charge is 0.475 e. The van der Waals surface area contributed by atoms with Crippen LogP contribution in [0.4, 0.5) is 0 Å². The van der Waals surface area contributed by atoms with Crippen molar-refractivity contribution in [3.8, 4) is 0 Å². The fourth-order valence-corrected chi connectivity index (χ4v) is 1.95. The van der Waals surface area contributed by atoms with Crippen LogP contribution in [0.5, 0.6) is 0 Å². The molecule has 0 aliphatic heterocycles. The van der Waals surface area contributed by atoms with Crippen molar-refractivity contribution in [3.05, 3.63) is 23.7 Å². The van der Waals surface area contributed by atoms with Gasteiger partial charge < -0.3 is 19.7 Å². The number of rotatable bonds is 7. The van der Waals surface area contributed by atoms with Crippen LogP contribution in [-0.4, -0.2) is 42.7 Å². The molecule has 0 aliphatic carbocycles. The lowest BCUT2D eigenvalue weighted by Gasteiger charge is -2.28. The van der Waals surface area contributed by atoms with Crippen LogP contribution in [0.15, 0.2) is 16.5 Å². The highest BCUT2D eigenvalue weighted by molar-refractivity contribution is 5.84. The summed E-state index contributed by atoms with van der Waals surface area (Å²) in [6, 6.07) is 3.52. The van der Waals surface area contributed by atoms with Gasteiger partial charge in [-0.3, -0.25) is 0 Å². The molecule has 1 rings (SSSR count). The van der Waals surface area contributed by atoms with Crippen molar-refractivity contribution in [3.63, 3.8) is 0 Å². The minimum absolute atomic E-state index is 0.0135. The van der Waals surface area contributed by atoms with E-state index in [-0.39, 0.29) is 11.8 Å². The highest BCUT2D eigenvalue weighted by Crippen LogP contribution is 2.18. The standard InChI is InChI=1S/C14H24N2O3/c1-9(2)11(8-16(4)5)15-10(3)12-6-7-13(19-12)14(17)18/h6-7,9-11,15H,8H2,1-5H3,(H,17,18). The first-order valence-corrected chi connectivity index (χ1v) is 6.55. The molecule has 0 amide bonds. The highest BCUT2D eigenvalue weighted by Gasteiger charge is 2.20. The molecule has 0 radical (unpaired) electrons. The van der Waals surface area contributed by atoms with Gasteiger partial charge in [-0.25, -0.2) is 4.79 Å². The second kappa shape index (κ2) is 6.73. The zero-order valence-electron chi connectivity index (χ0n) is 12.3. The average Bonchev–Trinajstić information content (AvgIpc) is 2.76. The molecule has 19 heavy (non-hydrogen) atoms. The molecule has 0 fully saturated rings. The molecule has 108 valence electrons. The third kappa shape index (κ3) is 4.69. The van der Waals surface area contributed by atoms with E-state index in [0.29, 0.717) is 17.7 Å². The van der Waals surface area contributed by atoms with Crippen LogP contribution < -0.4 is 5.32 Å². The van der Waals surface area contributed by atoms with Gasteiger partial charge in [-0.05, 0) is 39.1 Å². The van der Waals surface area contributed by atoms with Gasteiger partial charge in [-0.2, -0.15) is 0 Å². The highest BCUT2D eigenvalue weighted by atomic mass is 16.4. The van der Waals surface area contributed by atoms with Gasteiger partial charge in [-0.15, -0.1) is 0 Å². The van der Waals surface area contributed by atoms with E-state index >= 15 is 0 Å². The lowest BCUT2D eigenvalue weighted by molar-refractivity contribution is 0.0659. The minimum Gasteiger partial charge on any atom is -0.475 e. The SMILES string of the molecule is CC(NC(CN(C)C)C(C)C)c1ccc(C(=O)O)o1. The number of nitrogens with zero attached hydrogens (tertiary/aromatic N) is 1. The van der Waals surface area contributed by atoms with Crippen LogP contribution in [0.25, 0.3) is 0 Å². The van der Waals surface area contributed by atoms with Crippen molar-refractivity contribution in [2.45, 2.75) is 32.9 Å². The van der Waals surface area contributed by atoms with E-state index in [2.05, 4.69) is 24.1 Å². The van der Waals surface area contributed by atoms with Crippen LogP contribution >= 0.6 is 0 Å². The van der Waals surface area contributed by atoms with Gasteiger partial charge in [0.2, 0.25) is 5.76 Å². The van der Waals surface area contributed by atoms with E-state index in [9.17, 15) is 4.79 Å². The number of hydrogen-bond acceptors (Lipinski definition) is 4. The number of nitrogens with one attached hydrogen (secondary N) is 1. The molecule has 0 saturated heterocycles. The molecule has 0 aromatic carbocycles. The number of carboxylic acids is 1. The maximum absolute atomic E-state index is 10.8. The second-order valence-electron chi connectivity index (χ2n) is 5.51. The first-order valence-electron chi connectivity index (χ1n) is 6.55. The number of hydrogen-bond donors (Lipinski definition) is 2. The Bertz CT molecular complexity index is 413. The summed E-state index contributed by atoms with van der Waals surface area (Å²) in [5.41, 5.74) is 0. The fraction of sp³-hybridized carbons (Fsp3) is 0.643. The molecule has 5 nitrogen and oxygen atoms in total. The number of carboxylic acid groups (broad SMARTS) is 1. The third-order valence-electron chi connectivity index (χ3n) is 3.10. The quantitative estimate of drug-likeness (QED) is 0.793. The molecule has 2 N–H and O–H groups in total. The molecule has 1 heterocycles. The summed E-state index contributed by atoms with van der Waals surface area (Å²) in [5, 5.41) is 12.3. The lowest BCUT2D eigenvalue weighted by Crippen LogP contribution is -2.43. The van der Waals surface area contributed by atoms with Crippen molar-refractivity contribution in [2.75, 3.05) is 20.6 Å². The van der Waals surface area contributed by atoms with Gasteiger partial charge in [-0.1, -0.05) is 13.8 Å². The van der Waals surface area contributed by atoms with Crippen molar-refractivity contribution in [1.29, 1.82) is 0 Å². The van der Waals surface area contributed by atoms with Crippen molar-refractivity contribution >= 4 is 5.97 Å². The number of likely N-dealkylation sites (N-methyl/N-ethyl adjacent to an activating group) is 1. The van der Waals surface area contributed by atoms with Gasteiger partial charge in [0, 0.05) is 12.6 Å². The average molecular weight is 268 g/mol. The van der Waals surface area contributed by atoms with E-state index in [0.717, 1.165) is 6.54 Å². The Kier molecular flexibility index (Phi) is 5.57. The Balaban J connectivity index is 2.69. The summed E-state index contributed by atoms with van der Waals surface area (Å²) in [6.45, 7) is 7.24. The van der Waals surface area contributed by atoms with Gasteiger partial charge in [0.15, 0.2) is 0 Å². The Morgan fingerprint density at radius 2 is 2.00 bits per heavy atom. The molecule has 2 unspecified atom stereocenters. The molecule has 1 aromatic rings. The van der Waals surface area contributed by atoms with Gasteiger partial charge >= 0.3 is 5.97 Å².